The van der Waals surface area contributed by atoms with Crippen molar-refractivity contribution in [1.82, 2.24) is 14.5 Å². The second-order valence-corrected chi connectivity index (χ2v) is 7.97. The molecule has 0 aromatic carbocycles. The molecule has 2 fully saturated rings. The molecule has 4 rings (SSSR count). The van der Waals surface area contributed by atoms with Gasteiger partial charge in [0.1, 0.15) is 0 Å². The maximum atomic E-state index is 11.6. The lowest BCUT2D eigenvalue weighted by Gasteiger charge is -2.35. The molecule has 7 heteroatoms. The summed E-state index contributed by atoms with van der Waals surface area (Å²) in [6.07, 6.45) is 5.32. The summed E-state index contributed by atoms with van der Waals surface area (Å²) in [6.45, 7) is 2.58. The minimum atomic E-state index is -0.612. The molecule has 0 saturated heterocycles. The van der Waals surface area contributed by atoms with Gasteiger partial charge < -0.3 is 15.4 Å². The highest BCUT2D eigenvalue weighted by Gasteiger charge is 2.58. The first-order chi connectivity index (χ1) is 11.3. The van der Waals surface area contributed by atoms with Crippen LogP contribution in [-0.4, -0.2) is 44.5 Å². The smallest absolute Gasteiger partial charge is 0.309 e. The number of imidazole rings is 1. The predicted molar refractivity (Wildman–Crippen MR) is 86.3 cm³/mol. The molecule has 3 aliphatic rings. The van der Waals surface area contributed by atoms with Gasteiger partial charge in [-0.1, -0.05) is 0 Å². The molecular weight excluding hydrogens is 308 g/mol. The van der Waals surface area contributed by atoms with Crippen molar-refractivity contribution < 1.29 is 14.7 Å². The molecule has 1 amide bonds. The third-order valence-corrected chi connectivity index (χ3v) is 6.55. The largest absolute Gasteiger partial charge is 0.481 e. The Morgan fingerprint density at radius 2 is 2.00 bits per heavy atom. The fourth-order valence-corrected chi connectivity index (χ4v) is 5.25. The number of carboxylic acid groups (broad SMARTS) is 1. The molecule has 1 aliphatic heterocycles. The first-order valence-corrected chi connectivity index (χ1v) is 8.64. The van der Waals surface area contributed by atoms with Gasteiger partial charge in [-0.25, -0.2) is 4.98 Å². The Labute approximate surface area is 140 Å². The molecule has 2 aliphatic carbocycles. The van der Waals surface area contributed by atoms with E-state index in [0.29, 0.717) is 5.82 Å². The van der Waals surface area contributed by atoms with Crippen molar-refractivity contribution >= 4 is 11.9 Å². The van der Waals surface area contributed by atoms with Crippen molar-refractivity contribution in [2.75, 3.05) is 13.1 Å². The lowest BCUT2D eigenvalue weighted by molar-refractivity contribution is -0.148. The number of hydrogen-bond donors (Lipinski definition) is 2. The van der Waals surface area contributed by atoms with E-state index < -0.39 is 17.3 Å². The monoisotopic (exact) mass is 332 g/mol. The van der Waals surface area contributed by atoms with Crippen LogP contribution in [0, 0.1) is 10.8 Å². The van der Waals surface area contributed by atoms with Crippen molar-refractivity contribution in [2.45, 2.75) is 45.1 Å². The lowest BCUT2D eigenvalue weighted by atomic mass is 9.81. The molecule has 0 spiro atoms. The molecule has 0 radical (unpaired) electrons. The van der Waals surface area contributed by atoms with Crippen LogP contribution in [0.3, 0.4) is 0 Å². The Morgan fingerprint density at radius 3 is 2.58 bits per heavy atom. The molecule has 0 unspecified atom stereocenters. The molecule has 0 atom stereocenters. The first kappa shape index (κ1) is 15.6. The number of primary amides is 1. The van der Waals surface area contributed by atoms with Crippen molar-refractivity contribution in [3.05, 3.63) is 17.2 Å². The van der Waals surface area contributed by atoms with Crippen LogP contribution in [0.15, 0.2) is 0 Å². The number of nitrogens with two attached hydrogens (primary N) is 1. The van der Waals surface area contributed by atoms with Gasteiger partial charge in [-0.15, -0.1) is 0 Å². The normalized spacial score (nSPS) is 32.0. The Kier molecular flexibility index (Phi) is 3.29. The summed E-state index contributed by atoms with van der Waals surface area (Å²) in [5, 5.41) is 9.56. The Balaban J connectivity index is 1.50. The number of rotatable bonds is 4. The van der Waals surface area contributed by atoms with Crippen molar-refractivity contribution in [3.8, 4) is 0 Å². The van der Waals surface area contributed by atoms with Crippen LogP contribution in [0.1, 0.15) is 54.1 Å². The minimum absolute atomic E-state index is 0.150. The average Bonchev–Trinajstić information content (AvgIpc) is 3.18. The van der Waals surface area contributed by atoms with E-state index >= 15 is 0 Å². The van der Waals surface area contributed by atoms with Crippen LogP contribution in [-0.2, 0) is 24.8 Å². The summed E-state index contributed by atoms with van der Waals surface area (Å²) < 4.78 is 1.81. The molecule has 3 N–H and O–H groups in total. The van der Waals surface area contributed by atoms with E-state index in [9.17, 15) is 14.7 Å². The van der Waals surface area contributed by atoms with Crippen LogP contribution in [0.2, 0.25) is 0 Å². The lowest BCUT2D eigenvalue weighted by Crippen LogP contribution is -2.39. The van der Waals surface area contributed by atoms with Gasteiger partial charge in [0.15, 0.2) is 5.82 Å². The summed E-state index contributed by atoms with van der Waals surface area (Å²) in [4.78, 5) is 29.9. The van der Waals surface area contributed by atoms with Gasteiger partial charge >= 0.3 is 5.97 Å². The van der Waals surface area contributed by atoms with Crippen molar-refractivity contribution in [3.63, 3.8) is 0 Å². The number of aliphatic carboxylic acids is 1. The van der Waals surface area contributed by atoms with Crippen LogP contribution in [0.4, 0.5) is 0 Å². The summed E-state index contributed by atoms with van der Waals surface area (Å²) >= 11 is 0. The summed E-state index contributed by atoms with van der Waals surface area (Å²) in [6, 6.07) is 0. The number of nitrogens with zero attached hydrogens (tertiary/aromatic N) is 3. The number of fused-ring (bicyclic) bond motifs is 3. The van der Waals surface area contributed by atoms with Gasteiger partial charge in [0.25, 0.3) is 5.91 Å². The zero-order valence-corrected chi connectivity index (χ0v) is 14.0. The highest BCUT2D eigenvalue weighted by Crippen LogP contribution is 2.61. The standard InChI is InChI=1S/C17H24N4O3/c1-20-12-2-7-21(8-11(12)19-14(20)13(18)22)10-16-3-5-17(9-16,6-4-16)15(23)24/h2-10H2,1H3,(H2,18,22)(H,23,24). The Bertz CT molecular complexity index is 716. The van der Waals surface area contributed by atoms with Gasteiger partial charge in [-0.3, -0.25) is 14.5 Å². The fraction of sp³-hybridized carbons (Fsp3) is 0.706. The van der Waals surface area contributed by atoms with E-state index in [-0.39, 0.29) is 5.41 Å². The second kappa shape index (κ2) is 5.05. The summed E-state index contributed by atoms with van der Waals surface area (Å²) in [5.41, 5.74) is 7.11. The van der Waals surface area contributed by atoms with E-state index in [2.05, 4.69) is 9.88 Å². The summed E-state index contributed by atoms with van der Waals surface area (Å²) in [5.74, 6) is -0.778. The van der Waals surface area contributed by atoms with Gasteiger partial charge in [-0.05, 0) is 37.5 Å². The van der Waals surface area contributed by atoms with E-state index in [1.807, 2.05) is 11.6 Å². The molecule has 2 saturated carbocycles. The summed E-state index contributed by atoms with van der Waals surface area (Å²) in [7, 11) is 1.84. The van der Waals surface area contributed by atoms with Gasteiger partial charge in [0.05, 0.1) is 11.1 Å². The predicted octanol–water partition coefficient (Wildman–Crippen LogP) is 0.912. The van der Waals surface area contributed by atoms with Gasteiger partial charge in [-0.2, -0.15) is 0 Å². The first-order valence-electron chi connectivity index (χ1n) is 8.64. The quantitative estimate of drug-likeness (QED) is 0.853. The molecule has 1 aromatic rings. The number of aromatic nitrogens is 2. The Morgan fingerprint density at radius 1 is 1.29 bits per heavy atom. The SMILES string of the molecule is Cn1c(C(N)=O)nc2c1CCN(CC13CCC(C(=O)O)(CC1)C3)C2. The molecule has 130 valence electrons. The van der Waals surface area contributed by atoms with Crippen LogP contribution in [0.5, 0.6) is 0 Å². The van der Waals surface area contributed by atoms with Gasteiger partial charge in [0.2, 0.25) is 0 Å². The second-order valence-electron chi connectivity index (χ2n) is 7.97. The number of amides is 1. The Hall–Kier alpha value is -1.89. The molecule has 24 heavy (non-hydrogen) atoms. The highest BCUT2D eigenvalue weighted by atomic mass is 16.4. The van der Waals surface area contributed by atoms with E-state index in [1.165, 1.54) is 0 Å². The van der Waals surface area contributed by atoms with Crippen LogP contribution < -0.4 is 5.73 Å². The molecular formula is C17H24N4O3. The zero-order valence-electron chi connectivity index (χ0n) is 14.0. The number of hydrogen-bond acceptors (Lipinski definition) is 4. The number of carbonyl (C=O) groups excluding carboxylic acids is 1. The molecule has 7 nitrogen and oxygen atoms in total. The maximum absolute atomic E-state index is 11.6. The number of carbonyl (C=O) groups is 2. The molecule has 2 heterocycles. The fourth-order valence-electron chi connectivity index (χ4n) is 5.25. The minimum Gasteiger partial charge on any atom is -0.481 e. The van der Waals surface area contributed by atoms with Crippen molar-refractivity contribution in [1.29, 1.82) is 0 Å². The maximum Gasteiger partial charge on any atom is 0.309 e. The van der Waals surface area contributed by atoms with E-state index in [1.54, 1.807) is 0 Å². The van der Waals surface area contributed by atoms with Crippen LogP contribution in [0.25, 0.3) is 0 Å². The van der Waals surface area contributed by atoms with E-state index in [4.69, 9.17) is 5.73 Å². The van der Waals surface area contributed by atoms with Crippen LogP contribution >= 0.6 is 0 Å². The molecule has 1 aromatic heterocycles. The topological polar surface area (TPSA) is 101 Å². The molecule has 2 bridgehead atoms. The average molecular weight is 332 g/mol. The third kappa shape index (κ3) is 2.17. The third-order valence-electron chi connectivity index (χ3n) is 6.55. The number of carboxylic acids is 1. The van der Waals surface area contributed by atoms with Gasteiger partial charge in [0, 0.05) is 38.8 Å². The van der Waals surface area contributed by atoms with E-state index in [0.717, 1.165) is 69.5 Å². The highest BCUT2D eigenvalue weighted by molar-refractivity contribution is 5.89. The van der Waals surface area contributed by atoms with Crippen molar-refractivity contribution in [2.24, 2.45) is 23.6 Å². The zero-order chi connectivity index (χ0) is 17.1.